The lowest BCUT2D eigenvalue weighted by atomic mass is 10.2. The van der Waals surface area contributed by atoms with E-state index >= 15 is 0 Å². The van der Waals surface area contributed by atoms with E-state index in [0.717, 1.165) is 5.56 Å². The molecule has 8 heteroatoms. The van der Waals surface area contributed by atoms with E-state index < -0.39 is 0 Å². The standard InChI is InChI=1S/C21H25ClN4O3/c1-4-26(13-20(28)25-18-11-16(22)8-5-14(18)2)12-19(27)24-17-9-6-15(7-10-17)21(29)23-3/h5-11H,4,12-13H2,1-3H3,(H,23,29)(H,24,27)(H,25,28). The maximum atomic E-state index is 12.3. The summed E-state index contributed by atoms with van der Waals surface area (Å²) in [5, 5.41) is 8.68. The summed E-state index contributed by atoms with van der Waals surface area (Å²) in [6.45, 7) is 4.43. The first-order valence-corrected chi connectivity index (χ1v) is 9.60. The van der Waals surface area contributed by atoms with Gasteiger partial charge in [-0.15, -0.1) is 0 Å². The van der Waals surface area contributed by atoms with E-state index in [4.69, 9.17) is 11.6 Å². The largest absolute Gasteiger partial charge is 0.355 e. The van der Waals surface area contributed by atoms with E-state index in [1.54, 1.807) is 48.3 Å². The van der Waals surface area contributed by atoms with Gasteiger partial charge in [0.15, 0.2) is 0 Å². The number of anilines is 2. The Morgan fingerprint density at radius 2 is 1.59 bits per heavy atom. The van der Waals surface area contributed by atoms with Crippen molar-refractivity contribution in [2.45, 2.75) is 13.8 Å². The van der Waals surface area contributed by atoms with Gasteiger partial charge in [0.25, 0.3) is 5.91 Å². The van der Waals surface area contributed by atoms with E-state index in [1.807, 2.05) is 19.9 Å². The molecule has 3 N–H and O–H groups in total. The van der Waals surface area contributed by atoms with Crippen molar-refractivity contribution in [2.75, 3.05) is 37.3 Å². The predicted octanol–water partition coefficient (Wildman–Crippen LogP) is 2.91. The Hall–Kier alpha value is -2.90. The summed E-state index contributed by atoms with van der Waals surface area (Å²) < 4.78 is 0. The SMILES string of the molecule is CCN(CC(=O)Nc1ccc(C(=O)NC)cc1)CC(=O)Nc1cc(Cl)ccc1C. The minimum atomic E-state index is -0.244. The second-order valence-electron chi connectivity index (χ2n) is 6.52. The molecule has 0 bridgehead atoms. The molecule has 0 aromatic heterocycles. The summed E-state index contributed by atoms with van der Waals surface area (Å²) in [5.74, 6) is -0.660. The number of halogens is 1. The number of rotatable bonds is 8. The Balaban J connectivity index is 1.89. The molecule has 0 heterocycles. The first-order chi connectivity index (χ1) is 13.8. The van der Waals surface area contributed by atoms with Crippen LogP contribution in [0, 0.1) is 6.92 Å². The Labute approximate surface area is 175 Å². The first-order valence-electron chi connectivity index (χ1n) is 9.22. The van der Waals surface area contributed by atoms with Crippen molar-refractivity contribution in [3.05, 3.63) is 58.6 Å². The molecule has 0 atom stereocenters. The van der Waals surface area contributed by atoms with Gasteiger partial charge in [0.05, 0.1) is 13.1 Å². The Morgan fingerprint density at radius 3 is 2.17 bits per heavy atom. The quantitative estimate of drug-likeness (QED) is 0.617. The highest BCUT2D eigenvalue weighted by Gasteiger charge is 2.14. The van der Waals surface area contributed by atoms with Crippen LogP contribution in [0.4, 0.5) is 11.4 Å². The molecule has 2 aromatic rings. The van der Waals surface area contributed by atoms with Gasteiger partial charge in [-0.2, -0.15) is 0 Å². The van der Waals surface area contributed by atoms with Crippen LogP contribution in [-0.2, 0) is 9.59 Å². The van der Waals surface area contributed by atoms with Crippen molar-refractivity contribution < 1.29 is 14.4 Å². The van der Waals surface area contributed by atoms with Crippen molar-refractivity contribution in [1.29, 1.82) is 0 Å². The third-order valence-corrected chi connectivity index (χ3v) is 4.55. The normalized spacial score (nSPS) is 10.5. The van der Waals surface area contributed by atoms with Crippen molar-refractivity contribution in [3.8, 4) is 0 Å². The molecule has 0 spiro atoms. The van der Waals surface area contributed by atoms with Crippen LogP contribution in [0.2, 0.25) is 5.02 Å². The lowest BCUT2D eigenvalue weighted by molar-refractivity contribution is -0.119. The molecule has 0 fully saturated rings. The van der Waals surface area contributed by atoms with Crippen LogP contribution in [0.15, 0.2) is 42.5 Å². The van der Waals surface area contributed by atoms with Gasteiger partial charge in [-0.3, -0.25) is 19.3 Å². The van der Waals surface area contributed by atoms with Crippen LogP contribution in [0.25, 0.3) is 0 Å². The molecule has 0 saturated heterocycles. The third-order valence-electron chi connectivity index (χ3n) is 4.31. The number of carbonyl (C=O) groups is 3. The molecular formula is C21H25ClN4O3. The Morgan fingerprint density at radius 1 is 0.966 bits per heavy atom. The van der Waals surface area contributed by atoms with Crippen molar-refractivity contribution in [1.82, 2.24) is 10.2 Å². The fourth-order valence-corrected chi connectivity index (χ4v) is 2.83. The number of benzene rings is 2. The average Bonchev–Trinajstić information content (AvgIpc) is 2.70. The van der Waals surface area contributed by atoms with Gasteiger partial charge in [0, 0.05) is 29.0 Å². The summed E-state index contributed by atoms with van der Waals surface area (Å²) in [6.07, 6.45) is 0. The minimum absolute atomic E-state index is 0.0651. The number of hydrogen-bond acceptors (Lipinski definition) is 4. The van der Waals surface area contributed by atoms with Gasteiger partial charge in [-0.05, 0) is 55.4 Å². The molecule has 0 saturated carbocycles. The summed E-state index contributed by atoms with van der Waals surface area (Å²) >= 11 is 5.98. The number of hydrogen-bond donors (Lipinski definition) is 3. The number of nitrogens with zero attached hydrogens (tertiary/aromatic N) is 1. The maximum absolute atomic E-state index is 12.3. The highest BCUT2D eigenvalue weighted by molar-refractivity contribution is 6.31. The molecule has 3 amide bonds. The summed E-state index contributed by atoms with van der Waals surface area (Å²) in [7, 11) is 1.56. The topological polar surface area (TPSA) is 90.5 Å². The van der Waals surface area contributed by atoms with Crippen molar-refractivity contribution >= 4 is 40.7 Å². The lowest BCUT2D eigenvalue weighted by Gasteiger charge is -2.20. The predicted molar refractivity (Wildman–Crippen MR) is 115 cm³/mol. The fraction of sp³-hybridized carbons (Fsp3) is 0.286. The molecular weight excluding hydrogens is 392 g/mol. The highest BCUT2D eigenvalue weighted by atomic mass is 35.5. The molecule has 0 aliphatic heterocycles. The molecule has 154 valence electrons. The van der Waals surface area contributed by atoms with E-state index in [0.29, 0.717) is 28.5 Å². The number of likely N-dealkylation sites (N-methyl/N-ethyl adjacent to an activating group) is 1. The van der Waals surface area contributed by atoms with Crippen molar-refractivity contribution in [3.63, 3.8) is 0 Å². The summed E-state index contributed by atoms with van der Waals surface area (Å²) in [6, 6.07) is 11.9. The van der Waals surface area contributed by atoms with Gasteiger partial charge in [-0.1, -0.05) is 24.6 Å². The lowest BCUT2D eigenvalue weighted by Crippen LogP contribution is -2.38. The monoisotopic (exact) mass is 416 g/mol. The zero-order valence-corrected chi connectivity index (χ0v) is 17.5. The molecule has 0 unspecified atom stereocenters. The first kappa shape index (κ1) is 22.4. The van der Waals surface area contributed by atoms with Crippen LogP contribution >= 0.6 is 11.6 Å². The molecule has 29 heavy (non-hydrogen) atoms. The zero-order chi connectivity index (χ0) is 21.4. The van der Waals surface area contributed by atoms with Gasteiger partial charge in [-0.25, -0.2) is 0 Å². The van der Waals surface area contributed by atoms with E-state index in [2.05, 4.69) is 16.0 Å². The molecule has 2 rings (SSSR count). The average molecular weight is 417 g/mol. The second-order valence-corrected chi connectivity index (χ2v) is 6.95. The summed E-state index contributed by atoms with van der Waals surface area (Å²) in [5.41, 5.74) is 2.65. The van der Waals surface area contributed by atoms with Gasteiger partial charge >= 0.3 is 0 Å². The summed E-state index contributed by atoms with van der Waals surface area (Å²) in [4.78, 5) is 37.9. The Bertz CT molecular complexity index is 884. The van der Waals surface area contributed by atoms with E-state index in [9.17, 15) is 14.4 Å². The van der Waals surface area contributed by atoms with Crippen LogP contribution in [0.3, 0.4) is 0 Å². The van der Waals surface area contributed by atoms with Crippen molar-refractivity contribution in [2.24, 2.45) is 0 Å². The highest BCUT2D eigenvalue weighted by Crippen LogP contribution is 2.20. The van der Waals surface area contributed by atoms with Gasteiger partial charge in [0.2, 0.25) is 11.8 Å². The van der Waals surface area contributed by atoms with Crippen LogP contribution in [-0.4, -0.2) is 49.3 Å². The number of aryl methyl sites for hydroxylation is 1. The van der Waals surface area contributed by atoms with Crippen LogP contribution < -0.4 is 16.0 Å². The number of amides is 3. The van der Waals surface area contributed by atoms with Gasteiger partial charge in [0.1, 0.15) is 0 Å². The molecule has 7 nitrogen and oxygen atoms in total. The molecule has 0 radical (unpaired) electrons. The van der Waals surface area contributed by atoms with E-state index in [1.165, 1.54) is 0 Å². The minimum Gasteiger partial charge on any atom is -0.355 e. The third kappa shape index (κ3) is 6.89. The molecule has 0 aliphatic carbocycles. The smallest absolute Gasteiger partial charge is 0.251 e. The molecule has 0 aliphatic rings. The van der Waals surface area contributed by atoms with Crippen LogP contribution in [0.1, 0.15) is 22.8 Å². The second kappa shape index (κ2) is 10.6. The molecule has 2 aromatic carbocycles. The van der Waals surface area contributed by atoms with E-state index in [-0.39, 0.29) is 30.8 Å². The Kier molecular flexibility index (Phi) is 8.18. The van der Waals surface area contributed by atoms with Crippen LogP contribution in [0.5, 0.6) is 0 Å². The fourth-order valence-electron chi connectivity index (χ4n) is 2.65. The maximum Gasteiger partial charge on any atom is 0.251 e. The number of nitrogens with one attached hydrogen (secondary N) is 3. The zero-order valence-electron chi connectivity index (χ0n) is 16.7. The number of carbonyl (C=O) groups excluding carboxylic acids is 3. The van der Waals surface area contributed by atoms with Gasteiger partial charge < -0.3 is 16.0 Å².